The van der Waals surface area contributed by atoms with Gasteiger partial charge in [-0.15, -0.1) is 0 Å². The fourth-order valence-corrected chi connectivity index (χ4v) is 2.73. The molecule has 1 aromatic carbocycles. The molecule has 25 heavy (non-hydrogen) atoms. The molecule has 134 valence electrons. The molecule has 7 nitrogen and oxygen atoms in total. The first kappa shape index (κ1) is 17.4. The molecule has 3 N–H and O–H groups in total. The summed E-state index contributed by atoms with van der Waals surface area (Å²) in [5.74, 6) is 0.387. The second kappa shape index (κ2) is 7.67. The molecule has 1 saturated heterocycles. The average Bonchev–Trinajstić information content (AvgIpc) is 2.59. The van der Waals surface area contributed by atoms with E-state index in [1.54, 1.807) is 18.3 Å². The summed E-state index contributed by atoms with van der Waals surface area (Å²) in [7, 11) is 0. The molecule has 1 aliphatic rings. The number of aromatic nitrogens is 1. The quantitative estimate of drug-likeness (QED) is 0.823. The molecule has 1 aliphatic heterocycles. The number of pyridine rings is 1. The first-order valence-electron chi connectivity index (χ1n) is 8.39. The van der Waals surface area contributed by atoms with E-state index < -0.39 is 5.91 Å². The van der Waals surface area contributed by atoms with Gasteiger partial charge in [-0.3, -0.25) is 4.79 Å². The Morgan fingerprint density at radius 3 is 3.00 bits per heavy atom. The summed E-state index contributed by atoms with van der Waals surface area (Å²) < 4.78 is 17.3. The third kappa shape index (κ3) is 4.18. The number of rotatable bonds is 6. The van der Waals surface area contributed by atoms with Gasteiger partial charge in [0.15, 0.2) is 0 Å². The van der Waals surface area contributed by atoms with Gasteiger partial charge in [0, 0.05) is 24.7 Å². The predicted octanol–water partition coefficient (Wildman–Crippen LogP) is 1.49. The first-order valence-corrected chi connectivity index (χ1v) is 8.39. The fraction of sp³-hybridized carbons (Fsp3) is 0.444. The molecule has 0 radical (unpaired) electrons. The Labute approximate surface area is 146 Å². The van der Waals surface area contributed by atoms with Crippen LogP contribution < -0.4 is 20.5 Å². The Morgan fingerprint density at radius 2 is 2.32 bits per heavy atom. The first-order chi connectivity index (χ1) is 12.0. The molecular weight excluding hydrogens is 322 g/mol. The van der Waals surface area contributed by atoms with Crippen LogP contribution in [0.25, 0.3) is 10.8 Å². The van der Waals surface area contributed by atoms with E-state index in [4.69, 9.17) is 19.9 Å². The molecule has 0 bridgehead atoms. The summed E-state index contributed by atoms with van der Waals surface area (Å²) in [6.07, 6.45) is 1.55. The van der Waals surface area contributed by atoms with Crippen LogP contribution in [-0.2, 0) is 4.74 Å². The zero-order valence-electron chi connectivity index (χ0n) is 14.5. The van der Waals surface area contributed by atoms with Crippen molar-refractivity contribution in [1.82, 2.24) is 10.3 Å². The largest absolute Gasteiger partial charge is 0.490 e. The van der Waals surface area contributed by atoms with Gasteiger partial charge in [-0.05, 0) is 37.4 Å². The lowest BCUT2D eigenvalue weighted by molar-refractivity contribution is -0.000386. The zero-order valence-corrected chi connectivity index (χ0v) is 14.5. The van der Waals surface area contributed by atoms with E-state index in [0.717, 1.165) is 23.9 Å². The monoisotopic (exact) mass is 345 g/mol. The molecule has 1 aromatic heterocycles. The molecule has 7 heteroatoms. The Hall–Kier alpha value is -2.38. The number of nitrogens with zero attached hydrogens (tertiary/aromatic N) is 1. The van der Waals surface area contributed by atoms with Crippen molar-refractivity contribution < 1.29 is 19.0 Å². The van der Waals surface area contributed by atoms with E-state index in [0.29, 0.717) is 30.4 Å². The Morgan fingerprint density at radius 1 is 1.48 bits per heavy atom. The highest BCUT2D eigenvalue weighted by atomic mass is 16.5. The topological polar surface area (TPSA) is 95.7 Å². The highest BCUT2D eigenvalue weighted by molar-refractivity contribution is 6.01. The summed E-state index contributed by atoms with van der Waals surface area (Å²) in [6.45, 7) is 6.46. The van der Waals surface area contributed by atoms with E-state index in [2.05, 4.69) is 10.3 Å². The second-order valence-electron chi connectivity index (χ2n) is 6.22. The molecule has 3 rings (SSSR count). The SMILES string of the molecule is CC(C)Oc1cc2c(OC[C@@H]3CNCCO3)nccc2cc1C(N)=O. The number of amides is 1. The molecule has 2 aromatic rings. The molecule has 2 heterocycles. The normalized spacial score (nSPS) is 17.6. The number of hydrogen-bond acceptors (Lipinski definition) is 6. The summed E-state index contributed by atoms with van der Waals surface area (Å²) in [5.41, 5.74) is 5.83. The van der Waals surface area contributed by atoms with Crippen molar-refractivity contribution in [2.75, 3.05) is 26.3 Å². The van der Waals surface area contributed by atoms with Crippen LogP contribution in [0.1, 0.15) is 24.2 Å². The minimum Gasteiger partial charge on any atom is -0.490 e. The number of nitrogens with one attached hydrogen (secondary N) is 1. The van der Waals surface area contributed by atoms with Gasteiger partial charge in [0.1, 0.15) is 18.5 Å². The molecule has 0 unspecified atom stereocenters. The lowest BCUT2D eigenvalue weighted by Gasteiger charge is -2.23. The standard InChI is InChI=1S/C18H23N3O4/c1-11(2)25-16-8-14-12(7-15(16)17(19)22)3-4-21-18(14)24-10-13-9-20-5-6-23-13/h3-4,7-8,11,13,20H,5-6,9-10H2,1-2H3,(H2,19,22)/t13-/m0/s1. The van der Waals surface area contributed by atoms with Crippen LogP contribution in [0.15, 0.2) is 24.4 Å². The van der Waals surface area contributed by atoms with Crippen molar-refractivity contribution in [2.24, 2.45) is 5.73 Å². The molecule has 0 saturated carbocycles. The Bertz CT molecular complexity index is 757. The zero-order chi connectivity index (χ0) is 17.8. The van der Waals surface area contributed by atoms with Crippen LogP contribution in [0.4, 0.5) is 0 Å². The number of carbonyl (C=O) groups is 1. The van der Waals surface area contributed by atoms with Crippen LogP contribution in [-0.4, -0.2) is 49.4 Å². The number of hydrogen-bond donors (Lipinski definition) is 2. The minimum atomic E-state index is -0.529. The highest BCUT2D eigenvalue weighted by Gasteiger charge is 2.18. The van der Waals surface area contributed by atoms with Crippen LogP contribution in [0.5, 0.6) is 11.6 Å². The number of carbonyl (C=O) groups excluding carboxylic acids is 1. The van der Waals surface area contributed by atoms with Gasteiger partial charge in [-0.1, -0.05) is 0 Å². The van der Waals surface area contributed by atoms with Crippen LogP contribution in [0.3, 0.4) is 0 Å². The summed E-state index contributed by atoms with van der Waals surface area (Å²) in [5, 5.41) is 4.85. The number of ether oxygens (including phenoxy) is 3. The van der Waals surface area contributed by atoms with Gasteiger partial charge in [-0.2, -0.15) is 0 Å². The van der Waals surface area contributed by atoms with E-state index in [-0.39, 0.29) is 12.2 Å². The smallest absolute Gasteiger partial charge is 0.252 e. The maximum atomic E-state index is 11.7. The Kier molecular flexibility index (Phi) is 5.35. The molecular formula is C18H23N3O4. The third-order valence-corrected chi connectivity index (χ3v) is 3.87. The van der Waals surface area contributed by atoms with Gasteiger partial charge in [0.05, 0.1) is 18.3 Å². The number of fused-ring (bicyclic) bond motifs is 1. The van der Waals surface area contributed by atoms with Gasteiger partial charge in [-0.25, -0.2) is 4.98 Å². The lowest BCUT2D eigenvalue weighted by Crippen LogP contribution is -2.41. The number of nitrogens with two attached hydrogens (primary N) is 1. The average molecular weight is 345 g/mol. The van der Waals surface area contributed by atoms with Crippen molar-refractivity contribution in [3.63, 3.8) is 0 Å². The van der Waals surface area contributed by atoms with Crippen LogP contribution in [0.2, 0.25) is 0 Å². The van der Waals surface area contributed by atoms with Gasteiger partial charge >= 0.3 is 0 Å². The predicted molar refractivity (Wildman–Crippen MR) is 94.1 cm³/mol. The molecule has 1 amide bonds. The highest BCUT2D eigenvalue weighted by Crippen LogP contribution is 2.31. The number of primary amides is 1. The van der Waals surface area contributed by atoms with Crippen molar-refractivity contribution in [2.45, 2.75) is 26.1 Å². The second-order valence-corrected chi connectivity index (χ2v) is 6.22. The van der Waals surface area contributed by atoms with Crippen LogP contribution >= 0.6 is 0 Å². The maximum absolute atomic E-state index is 11.7. The fourth-order valence-electron chi connectivity index (χ4n) is 2.73. The summed E-state index contributed by atoms with van der Waals surface area (Å²) in [6, 6.07) is 5.28. The summed E-state index contributed by atoms with van der Waals surface area (Å²) >= 11 is 0. The molecule has 0 aliphatic carbocycles. The van der Waals surface area contributed by atoms with Gasteiger partial charge in [0.2, 0.25) is 5.88 Å². The van der Waals surface area contributed by atoms with Crippen molar-refractivity contribution in [3.8, 4) is 11.6 Å². The minimum absolute atomic E-state index is 0.0120. The molecule has 1 atom stereocenters. The third-order valence-electron chi connectivity index (χ3n) is 3.87. The van der Waals surface area contributed by atoms with E-state index in [9.17, 15) is 4.79 Å². The molecule has 1 fully saturated rings. The number of morpholine rings is 1. The number of benzene rings is 1. The van der Waals surface area contributed by atoms with Gasteiger partial charge < -0.3 is 25.3 Å². The van der Waals surface area contributed by atoms with E-state index >= 15 is 0 Å². The van der Waals surface area contributed by atoms with Crippen LogP contribution in [0, 0.1) is 0 Å². The Balaban J connectivity index is 1.91. The van der Waals surface area contributed by atoms with Gasteiger partial charge in [0.25, 0.3) is 5.91 Å². The van der Waals surface area contributed by atoms with Crippen molar-refractivity contribution >= 4 is 16.7 Å². The van der Waals surface area contributed by atoms with E-state index in [1.807, 2.05) is 19.9 Å². The summed E-state index contributed by atoms with van der Waals surface area (Å²) in [4.78, 5) is 16.1. The van der Waals surface area contributed by atoms with Crippen molar-refractivity contribution in [3.05, 3.63) is 30.0 Å². The lowest BCUT2D eigenvalue weighted by atomic mass is 10.1. The maximum Gasteiger partial charge on any atom is 0.252 e. The molecule has 0 spiro atoms. The van der Waals surface area contributed by atoms with E-state index in [1.165, 1.54) is 0 Å². The van der Waals surface area contributed by atoms with Crippen molar-refractivity contribution in [1.29, 1.82) is 0 Å².